The van der Waals surface area contributed by atoms with E-state index in [-0.39, 0.29) is 16.7 Å². The number of aliphatic hydroxyl groups is 1. The van der Waals surface area contributed by atoms with E-state index >= 15 is 0 Å². The third-order valence-electron chi connectivity index (χ3n) is 3.72. The predicted octanol–water partition coefficient (Wildman–Crippen LogP) is 4.25. The van der Waals surface area contributed by atoms with Crippen molar-refractivity contribution in [2.24, 2.45) is 0 Å². The summed E-state index contributed by atoms with van der Waals surface area (Å²) in [5, 5.41) is 17.9. The van der Waals surface area contributed by atoms with Crippen molar-refractivity contribution in [2.45, 2.75) is 6.54 Å². The first kappa shape index (κ1) is 19.2. The van der Waals surface area contributed by atoms with Crippen LogP contribution in [0.5, 0.6) is 0 Å². The van der Waals surface area contributed by atoms with Gasteiger partial charge in [0.2, 0.25) is 0 Å². The minimum atomic E-state index is -0.520. The highest BCUT2D eigenvalue weighted by Crippen LogP contribution is 2.29. The maximum atomic E-state index is 12.2. The van der Waals surface area contributed by atoms with E-state index < -0.39 is 5.56 Å². The van der Waals surface area contributed by atoms with Gasteiger partial charge in [-0.15, -0.1) is 0 Å². The average Bonchev–Trinajstić information content (AvgIpc) is 3.13. The average molecular weight is 431 g/mol. The first-order valence-electron chi connectivity index (χ1n) is 7.61. The Bertz CT molecular complexity index is 960. The minimum absolute atomic E-state index is 0.00394. The molecule has 3 rings (SSSR count). The Morgan fingerprint density at radius 3 is 2.65 bits per heavy atom. The number of rotatable bonds is 6. The van der Waals surface area contributed by atoms with Gasteiger partial charge >= 0.3 is 0 Å². The summed E-state index contributed by atoms with van der Waals surface area (Å²) in [7, 11) is 0. The maximum Gasteiger partial charge on any atom is 0.291 e. The number of hydrogen-bond donors (Lipinski definition) is 1. The molecule has 0 spiro atoms. The van der Waals surface area contributed by atoms with Gasteiger partial charge in [0, 0.05) is 13.1 Å². The quantitative estimate of drug-likeness (QED) is 0.635. The van der Waals surface area contributed by atoms with Crippen molar-refractivity contribution in [1.82, 2.24) is 9.78 Å². The Labute approximate surface area is 169 Å². The molecule has 2 aromatic heterocycles. The second-order valence-corrected chi connectivity index (χ2v) is 7.41. The van der Waals surface area contributed by atoms with E-state index in [2.05, 4.69) is 5.10 Å². The van der Waals surface area contributed by atoms with Crippen LogP contribution < -0.4 is 10.5 Å². The molecule has 0 aliphatic heterocycles. The Morgan fingerprint density at radius 2 is 2.00 bits per heavy atom. The zero-order valence-corrected chi connectivity index (χ0v) is 16.5. The van der Waals surface area contributed by atoms with Gasteiger partial charge in [-0.05, 0) is 40.6 Å². The van der Waals surface area contributed by atoms with Crippen LogP contribution in [-0.2, 0) is 6.54 Å². The van der Waals surface area contributed by atoms with E-state index in [0.717, 1.165) is 15.9 Å². The van der Waals surface area contributed by atoms with Crippen molar-refractivity contribution < 1.29 is 5.11 Å². The lowest BCUT2D eigenvalue weighted by molar-refractivity contribution is 0.301. The fourth-order valence-corrected chi connectivity index (χ4v) is 3.70. The molecule has 0 bridgehead atoms. The lowest BCUT2D eigenvalue weighted by atomic mass is 10.2. The second-order valence-electron chi connectivity index (χ2n) is 5.44. The molecule has 26 heavy (non-hydrogen) atoms. The van der Waals surface area contributed by atoms with Gasteiger partial charge in [-0.25, -0.2) is 0 Å². The number of thiophene rings is 1. The highest BCUT2D eigenvalue weighted by molar-refractivity contribution is 7.07. The van der Waals surface area contributed by atoms with Crippen LogP contribution in [0.25, 0.3) is 5.69 Å². The number of anilines is 1. The molecule has 1 N–H and O–H groups in total. The third kappa shape index (κ3) is 4.05. The van der Waals surface area contributed by atoms with Crippen LogP contribution >= 0.6 is 46.1 Å². The summed E-state index contributed by atoms with van der Waals surface area (Å²) >= 11 is 19.8. The Hall–Kier alpha value is -1.57. The lowest BCUT2D eigenvalue weighted by Gasteiger charge is -2.25. The zero-order valence-electron chi connectivity index (χ0n) is 13.4. The Balaban J connectivity index is 1.96. The molecule has 0 atom stereocenters. The number of hydrogen-bond acceptors (Lipinski definition) is 5. The van der Waals surface area contributed by atoms with Crippen molar-refractivity contribution in [3.63, 3.8) is 0 Å². The molecule has 136 valence electrons. The van der Waals surface area contributed by atoms with Crippen LogP contribution in [0.1, 0.15) is 5.56 Å². The molecule has 0 aliphatic rings. The first-order chi connectivity index (χ1) is 12.5. The Morgan fingerprint density at radius 1 is 1.19 bits per heavy atom. The molecule has 0 aliphatic carbocycles. The second kappa shape index (κ2) is 8.41. The van der Waals surface area contributed by atoms with Crippen molar-refractivity contribution in [1.29, 1.82) is 0 Å². The standard InChI is InChI=1S/C17H14Cl3N3O2S/c18-13-7-12(23-17(25)16(20)14(19)8-21-23)1-2-15(13)22(4-5-24)9-11-3-6-26-10-11/h1-3,6-8,10,24H,4-5,9H2. The van der Waals surface area contributed by atoms with E-state index in [1.807, 2.05) is 21.7 Å². The van der Waals surface area contributed by atoms with Gasteiger partial charge in [0.05, 0.1) is 34.2 Å². The molecule has 3 aromatic rings. The normalized spacial score (nSPS) is 10.9. The highest BCUT2D eigenvalue weighted by Gasteiger charge is 2.14. The minimum Gasteiger partial charge on any atom is -0.395 e. The maximum absolute atomic E-state index is 12.2. The molecule has 0 saturated carbocycles. The number of benzene rings is 1. The molecule has 9 heteroatoms. The summed E-state index contributed by atoms with van der Waals surface area (Å²) < 4.78 is 1.14. The number of aromatic nitrogens is 2. The summed E-state index contributed by atoms with van der Waals surface area (Å²) in [6.45, 7) is 1.05. The monoisotopic (exact) mass is 429 g/mol. The van der Waals surface area contributed by atoms with E-state index in [1.165, 1.54) is 6.20 Å². The van der Waals surface area contributed by atoms with Crippen LogP contribution in [0, 0.1) is 0 Å². The van der Waals surface area contributed by atoms with Crippen LogP contribution in [-0.4, -0.2) is 28.0 Å². The van der Waals surface area contributed by atoms with Gasteiger partial charge in [-0.2, -0.15) is 21.1 Å². The number of halogens is 3. The summed E-state index contributed by atoms with van der Waals surface area (Å²) in [5.74, 6) is 0. The van der Waals surface area contributed by atoms with Gasteiger partial charge in [0.1, 0.15) is 5.02 Å². The van der Waals surface area contributed by atoms with Gasteiger partial charge < -0.3 is 10.0 Å². The molecular weight excluding hydrogens is 417 g/mol. The van der Waals surface area contributed by atoms with Crippen molar-refractivity contribution >= 4 is 51.8 Å². The van der Waals surface area contributed by atoms with Gasteiger partial charge in [0.15, 0.2) is 0 Å². The molecule has 0 unspecified atom stereocenters. The number of nitrogens with zero attached hydrogens (tertiary/aromatic N) is 3. The Kier molecular flexibility index (Phi) is 6.21. The SMILES string of the molecule is O=c1c(Cl)c(Cl)cnn1-c1ccc(N(CCO)Cc2ccsc2)c(Cl)c1. The van der Waals surface area contributed by atoms with Crippen LogP contribution in [0.3, 0.4) is 0 Å². The van der Waals surface area contributed by atoms with Gasteiger partial charge in [0.25, 0.3) is 5.56 Å². The predicted molar refractivity (Wildman–Crippen MR) is 107 cm³/mol. The lowest BCUT2D eigenvalue weighted by Crippen LogP contribution is -2.26. The van der Waals surface area contributed by atoms with Crippen LogP contribution in [0.2, 0.25) is 15.1 Å². The molecule has 0 saturated heterocycles. The molecular formula is C17H14Cl3N3O2S. The number of aliphatic hydroxyl groups excluding tert-OH is 1. The van der Waals surface area contributed by atoms with E-state index in [9.17, 15) is 9.90 Å². The summed E-state index contributed by atoms with van der Waals surface area (Å²) in [6, 6.07) is 7.16. The molecule has 5 nitrogen and oxygen atoms in total. The van der Waals surface area contributed by atoms with Crippen molar-refractivity contribution in [3.8, 4) is 5.69 Å². The smallest absolute Gasteiger partial charge is 0.291 e. The molecule has 1 aromatic carbocycles. The van der Waals surface area contributed by atoms with Gasteiger partial charge in [-0.3, -0.25) is 4.79 Å². The van der Waals surface area contributed by atoms with Crippen molar-refractivity contribution in [3.05, 3.63) is 72.2 Å². The molecule has 0 fully saturated rings. The first-order valence-corrected chi connectivity index (χ1v) is 9.69. The third-order valence-corrected chi connectivity index (χ3v) is 5.50. The topological polar surface area (TPSA) is 58.4 Å². The van der Waals surface area contributed by atoms with Crippen LogP contribution in [0.4, 0.5) is 5.69 Å². The molecule has 0 radical (unpaired) electrons. The van der Waals surface area contributed by atoms with E-state index in [4.69, 9.17) is 34.8 Å². The largest absolute Gasteiger partial charge is 0.395 e. The summed E-state index contributed by atoms with van der Waals surface area (Å²) in [5.41, 5.74) is 1.84. The van der Waals surface area contributed by atoms with Crippen molar-refractivity contribution in [2.75, 3.05) is 18.1 Å². The molecule has 2 heterocycles. The highest BCUT2D eigenvalue weighted by atomic mass is 35.5. The fourth-order valence-electron chi connectivity index (χ4n) is 2.49. The van der Waals surface area contributed by atoms with Crippen LogP contribution in [0.15, 0.2) is 46.0 Å². The summed E-state index contributed by atoms with van der Waals surface area (Å²) in [6.07, 6.45) is 1.31. The summed E-state index contributed by atoms with van der Waals surface area (Å²) in [4.78, 5) is 14.2. The van der Waals surface area contributed by atoms with E-state index in [1.54, 1.807) is 29.5 Å². The fraction of sp³-hybridized carbons (Fsp3) is 0.176. The van der Waals surface area contributed by atoms with E-state index in [0.29, 0.717) is 23.8 Å². The van der Waals surface area contributed by atoms with Gasteiger partial charge in [-0.1, -0.05) is 34.8 Å². The molecule has 0 amide bonds. The zero-order chi connectivity index (χ0) is 18.7.